The van der Waals surface area contributed by atoms with Crippen molar-refractivity contribution in [3.05, 3.63) is 35.1 Å². The van der Waals surface area contributed by atoms with Crippen LogP contribution in [0, 0.1) is 5.41 Å². The van der Waals surface area contributed by atoms with Crippen LogP contribution in [0.3, 0.4) is 0 Å². The summed E-state index contributed by atoms with van der Waals surface area (Å²) >= 11 is 5.86. The highest BCUT2D eigenvalue weighted by molar-refractivity contribution is 6.30. The fourth-order valence-electron chi connectivity index (χ4n) is 1.22. The highest BCUT2D eigenvalue weighted by Gasteiger charge is 2.15. The van der Waals surface area contributed by atoms with Gasteiger partial charge in [0.1, 0.15) is 0 Å². The number of halogens is 1. The van der Waals surface area contributed by atoms with Crippen molar-refractivity contribution >= 4 is 11.6 Å². The van der Waals surface area contributed by atoms with Crippen LogP contribution in [0.4, 0.5) is 0 Å². The molecule has 0 aliphatic heterocycles. The van der Waals surface area contributed by atoms with Crippen LogP contribution in [-0.4, -0.2) is 12.1 Å². The zero-order valence-corrected chi connectivity index (χ0v) is 11.1. The molecule has 16 heavy (non-hydrogen) atoms. The van der Waals surface area contributed by atoms with Gasteiger partial charge in [-0.3, -0.25) is 0 Å². The van der Waals surface area contributed by atoms with Crippen molar-refractivity contribution in [2.75, 3.05) is 7.11 Å². The average Bonchev–Trinajstić information content (AvgIpc) is 2.19. The Balaban J connectivity index is 2.87. The van der Waals surface area contributed by atoms with Crippen LogP contribution in [-0.2, 0) is 6.42 Å². The van der Waals surface area contributed by atoms with E-state index < -0.39 is 0 Å². The minimum absolute atomic E-state index is 0.104. The minimum atomic E-state index is 0.104. The molecule has 0 N–H and O–H groups in total. The number of nitrogens with zero attached hydrogens (tertiary/aromatic N) is 1. The molecule has 0 bridgehead atoms. The number of ether oxygens (including phenoxy) is 1. The first kappa shape index (κ1) is 13.0. The molecule has 1 aromatic heterocycles. The van der Waals surface area contributed by atoms with Crippen LogP contribution in [0.25, 0.3) is 0 Å². The Labute approximate surface area is 102 Å². The smallest absolute Gasteiger partial charge is 0.171 e. The predicted molar refractivity (Wildman–Crippen MR) is 68.1 cm³/mol. The summed E-state index contributed by atoms with van der Waals surface area (Å²) in [6.07, 6.45) is 2.56. The number of pyridine rings is 1. The molecule has 0 fully saturated rings. The second kappa shape index (κ2) is 4.88. The second-order valence-corrected chi connectivity index (χ2v) is 5.22. The first-order chi connectivity index (χ1) is 7.34. The number of methoxy groups -OCH3 is 1. The molecule has 2 nitrogen and oxygen atoms in total. The van der Waals surface area contributed by atoms with Crippen LogP contribution in [0.1, 0.15) is 26.3 Å². The van der Waals surface area contributed by atoms with Gasteiger partial charge in [-0.15, -0.1) is 0 Å². The Hall–Kier alpha value is -1.02. The van der Waals surface area contributed by atoms with Crippen molar-refractivity contribution in [1.82, 2.24) is 4.98 Å². The van der Waals surface area contributed by atoms with Crippen LogP contribution in [0.2, 0.25) is 5.15 Å². The molecule has 1 aromatic rings. The van der Waals surface area contributed by atoms with Crippen LogP contribution >= 0.6 is 11.6 Å². The van der Waals surface area contributed by atoms with Crippen molar-refractivity contribution in [2.45, 2.75) is 27.2 Å². The number of aromatic nitrogens is 1. The third-order valence-electron chi connectivity index (χ3n) is 2.56. The first-order valence-electron chi connectivity index (χ1n) is 5.21. The number of hydrogen-bond acceptors (Lipinski definition) is 2. The SMILES string of the molecule is C=C(Cc1cnc(Cl)c(OC)c1)C(C)(C)C. The van der Waals surface area contributed by atoms with Gasteiger partial charge >= 0.3 is 0 Å². The van der Waals surface area contributed by atoms with Crippen LogP contribution in [0.5, 0.6) is 5.75 Å². The molecule has 1 rings (SSSR count). The molecular formula is C13H18ClNO. The van der Waals surface area contributed by atoms with E-state index in [1.807, 2.05) is 6.07 Å². The van der Waals surface area contributed by atoms with E-state index in [4.69, 9.17) is 16.3 Å². The molecule has 0 aliphatic rings. The quantitative estimate of drug-likeness (QED) is 0.590. The van der Waals surface area contributed by atoms with Gasteiger partial charge in [-0.05, 0) is 23.5 Å². The largest absolute Gasteiger partial charge is 0.494 e. The normalized spacial score (nSPS) is 11.3. The lowest BCUT2D eigenvalue weighted by atomic mass is 9.84. The molecule has 88 valence electrons. The Morgan fingerprint density at radius 3 is 2.62 bits per heavy atom. The minimum Gasteiger partial charge on any atom is -0.494 e. The molecule has 0 radical (unpaired) electrons. The summed E-state index contributed by atoms with van der Waals surface area (Å²) in [6, 6.07) is 1.91. The third kappa shape index (κ3) is 3.24. The van der Waals surface area contributed by atoms with Crippen molar-refractivity contribution in [3.63, 3.8) is 0 Å². The Morgan fingerprint density at radius 2 is 2.12 bits per heavy atom. The van der Waals surface area contributed by atoms with Gasteiger partial charge in [0.05, 0.1) is 7.11 Å². The van der Waals surface area contributed by atoms with Crippen molar-refractivity contribution in [1.29, 1.82) is 0 Å². The van der Waals surface area contributed by atoms with E-state index >= 15 is 0 Å². The summed E-state index contributed by atoms with van der Waals surface area (Å²) < 4.78 is 5.13. The van der Waals surface area contributed by atoms with E-state index in [-0.39, 0.29) is 5.41 Å². The van der Waals surface area contributed by atoms with Crippen molar-refractivity contribution < 1.29 is 4.74 Å². The van der Waals surface area contributed by atoms with E-state index in [1.165, 1.54) is 5.57 Å². The molecule has 0 aromatic carbocycles. The van der Waals surface area contributed by atoms with Gasteiger partial charge in [0.15, 0.2) is 10.9 Å². The summed E-state index contributed by atoms with van der Waals surface area (Å²) in [6.45, 7) is 10.5. The zero-order chi connectivity index (χ0) is 12.3. The lowest BCUT2D eigenvalue weighted by molar-refractivity contribution is 0.412. The van der Waals surface area contributed by atoms with E-state index in [0.717, 1.165) is 12.0 Å². The summed E-state index contributed by atoms with van der Waals surface area (Å²) in [5.74, 6) is 0.612. The highest BCUT2D eigenvalue weighted by atomic mass is 35.5. The van der Waals surface area contributed by atoms with E-state index in [9.17, 15) is 0 Å². The zero-order valence-electron chi connectivity index (χ0n) is 10.3. The van der Waals surface area contributed by atoms with Crippen molar-refractivity contribution in [2.24, 2.45) is 5.41 Å². The lowest BCUT2D eigenvalue weighted by Gasteiger charge is -2.21. The predicted octanol–water partition coefficient (Wildman–Crippen LogP) is 3.89. The molecule has 0 unspecified atom stereocenters. The fourth-order valence-corrected chi connectivity index (χ4v) is 1.40. The summed E-state index contributed by atoms with van der Waals surface area (Å²) in [5, 5.41) is 0.396. The topological polar surface area (TPSA) is 22.1 Å². The number of hydrogen-bond donors (Lipinski definition) is 0. The molecule has 0 atom stereocenters. The maximum absolute atomic E-state index is 5.86. The monoisotopic (exact) mass is 239 g/mol. The van der Waals surface area contributed by atoms with Gasteiger partial charge in [0.25, 0.3) is 0 Å². The number of rotatable bonds is 3. The van der Waals surface area contributed by atoms with E-state index in [0.29, 0.717) is 10.9 Å². The average molecular weight is 240 g/mol. The Morgan fingerprint density at radius 1 is 1.50 bits per heavy atom. The molecule has 0 aliphatic carbocycles. The molecule has 3 heteroatoms. The summed E-state index contributed by atoms with van der Waals surface area (Å²) in [7, 11) is 1.59. The molecule has 0 amide bonds. The molecule has 0 saturated heterocycles. The fraction of sp³-hybridized carbons (Fsp3) is 0.462. The molecular weight excluding hydrogens is 222 g/mol. The summed E-state index contributed by atoms with van der Waals surface area (Å²) in [5.41, 5.74) is 2.34. The maximum Gasteiger partial charge on any atom is 0.171 e. The van der Waals surface area contributed by atoms with Crippen molar-refractivity contribution in [3.8, 4) is 5.75 Å². The third-order valence-corrected chi connectivity index (χ3v) is 2.85. The maximum atomic E-state index is 5.86. The van der Waals surface area contributed by atoms with Gasteiger partial charge in [-0.2, -0.15) is 0 Å². The van der Waals surface area contributed by atoms with Gasteiger partial charge in [0.2, 0.25) is 0 Å². The molecule has 1 heterocycles. The van der Waals surface area contributed by atoms with Gasteiger partial charge in [-0.25, -0.2) is 4.98 Å². The molecule has 0 spiro atoms. The standard InChI is InChI=1S/C13H18ClNO/c1-9(13(2,3)4)6-10-7-11(16-5)12(14)15-8-10/h7-8H,1,6H2,2-5H3. The van der Waals surface area contributed by atoms with Gasteiger partial charge < -0.3 is 4.74 Å². The van der Waals surface area contributed by atoms with Crippen LogP contribution in [0.15, 0.2) is 24.4 Å². The van der Waals surface area contributed by atoms with Gasteiger partial charge in [-0.1, -0.05) is 44.5 Å². The first-order valence-corrected chi connectivity index (χ1v) is 5.59. The van der Waals surface area contributed by atoms with Crippen LogP contribution < -0.4 is 4.74 Å². The Bertz CT molecular complexity index is 393. The summed E-state index contributed by atoms with van der Waals surface area (Å²) in [4.78, 5) is 4.08. The van der Waals surface area contributed by atoms with E-state index in [2.05, 4.69) is 32.3 Å². The second-order valence-electron chi connectivity index (χ2n) is 4.87. The highest BCUT2D eigenvalue weighted by Crippen LogP contribution is 2.29. The lowest BCUT2D eigenvalue weighted by Crippen LogP contribution is -2.10. The number of allylic oxidation sites excluding steroid dienone is 1. The van der Waals surface area contributed by atoms with E-state index in [1.54, 1.807) is 13.3 Å². The molecule has 0 saturated carbocycles. The van der Waals surface area contributed by atoms with Gasteiger partial charge in [0, 0.05) is 6.20 Å². The Kier molecular flexibility index (Phi) is 3.98.